The van der Waals surface area contributed by atoms with Crippen LogP contribution >= 0.6 is 12.8 Å². The topological polar surface area (TPSA) is 53.1 Å². The minimum absolute atomic E-state index is 0.00943. The first-order valence-corrected chi connectivity index (χ1v) is 2.89. The van der Waals surface area contributed by atoms with Crippen LogP contribution in [0.15, 0.2) is 0 Å². The molecule has 0 saturated heterocycles. The lowest BCUT2D eigenvalue weighted by Crippen LogP contribution is -2.28. The summed E-state index contributed by atoms with van der Waals surface area (Å²) in [5.41, 5.74) is 5.05. The van der Waals surface area contributed by atoms with Gasteiger partial charge in [0.25, 0.3) is 0 Å². The van der Waals surface area contributed by atoms with Gasteiger partial charge >= 0.3 is 0 Å². The summed E-state index contributed by atoms with van der Waals surface area (Å²) in [7, 11) is 0. The quantitative estimate of drug-likeness (QED) is 0.291. The van der Waals surface area contributed by atoms with Gasteiger partial charge in [-0.1, -0.05) is 19.7 Å². The molecule has 3 N–H and O–H groups in total. The van der Waals surface area contributed by atoms with Gasteiger partial charge in [0, 0.05) is 6.54 Å². The van der Waals surface area contributed by atoms with E-state index in [4.69, 9.17) is 11.1 Å². The van der Waals surface area contributed by atoms with Crippen molar-refractivity contribution in [2.45, 2.75) is 13.3 Å². The number of nitrogens with two attached hydrogens (primary N) is 1. The van der Waals surface area contributed by atoms with E-state index in [1.807, 2.05) is 6.92 Å². The average molecular weight is 133 g/mol. The van der Waals surface area contributed by atoms with Crippen molar-refractivity contribution in [2.75, 3.05) is 6.54 Å². The Balaban J connectivity index is 3.32. The zero-order valence-electron chi connectivity index (χ0n) is 4.89. The van der Waals surface area contributed by atoms with Crippen molar-refractivity contribution in [1.29, 1.82) is 5.41 Å². The Labute approximate surface area is 54.9 Å². The summed E-state index contributed by atoms with van der Waals surface area (Å²) in [6.07, 6.45) is 0.961. The molecule has 0 heterocycles. The Morgan fingerprint density at radius 3 is 2.50 bits per heavy atom. The van der Waals surface area contributed by atoms with E-state index < -0.39 is 0 Å². The van der Waals surface area contributed by atoms with Crippen LogP contribution < -0.4 is 5.73 Å². The maximum atomic E-state index is 6.83. The summed E-state index contributed by atoms with van der Waals surface area (Å²) < 4.78 is 1.40. The Morgan fingerprint density at radius 1 is 1.88 bits per heavy atom. The van der Waals surface area contributed by atoms with E-state index in [9.17, 15) is 0 Å². The molecule has 0 fully saturated rings. The first-order chi connectivity index (χ1) is 3.68. The molecule has 48 valence electrons. The fraction of sp³-hybridized carbons (Fsp3) is 0.750. The minimum atomic E-state index is 0.00943. The third-order valence-electron chi connectivity index (χ3n) is 0.713. The maximum absolute atomic E-state index is 6.83. The lowest BCUT2D eigenvalue weighted by Gasteiger charge is -2.11. The van der Waals surface area contributed by atoms with E-state index in [1.165, 1.54) is 4.31 Å². The van der Waals surface area contributed by atoms with E-state index in [-0.39, 0.29) is 5.96 Å². The fourth-order valence-corrected chi connectivity index (χ4v) is 0.532. The fourth-order valence-electron chi connectivity index (χ4n) is 0.332. The van der Waals surface area contributed by atoms with Gasteiger partial charge in [0.2, 0.25) is 0 Å². The summed E-state index contributed by atoms with van der Waals surface area (Å²) in [6, 6.07) is 0. The van der Waals surface area contributed by atoms with E-state index >= 15 is 0 Å². The van der Waals surface area contributed by atoms with Gasteiger partial charge < -0.3 is 5.73 Å². The second kappa shape index (κ2) is 3.60. The van der Waals surface area contributed by atoms with Crippen LogP contribution in [0, 0.1) is 5.41 Å². The third kappa shape index (κ3) is 2.74. The van der Waals surface area contributed by atoms with E-state index in [1.54, 1.807) is 0 Å². The van der Waals surface area contributed by atoms with Crippen molar-refractivity contribution in [3.63, 3.8) is 0 Å². The molecule has 0 amide bonds. The summed E-state index contributed by atoms with van der Waals surface area (Å²) >= 11 is 3.89. The van der Waals surface area contributed by atoms with Crippen LogP contribution in [0.2, 0.25) is 0 Å². The Hall–Kier alpha value is -0.380. The van der Waals surface area contributed by atoms with Gasteiger partial charge in [0.05, 0.1) is 0 Å². The van der Waals surface area contributed by atoms with E-state index in [0.29, 0.717) is 0 Å². The Morgan fingerprint density at radius 2 is 2.38 bits per heavy atom. The molecular weight excluding hydrogens is 122 g/mol. The van der Waals surface area contributed by atoms with Crippen LogP contribution in [0.5, 0.6) is 0 Å². The molecule has 0 aromatic rings. The molecule has 4 heteroatoms. The number of nitrogens with one attached hydrogen (secondary N) is 1. The number of hydrogen-bond acceptors (Lipinski definition) is 2. The molecule has 0 radical (unpaired) electrons. The van der Waals surface area contributed by atoms with Crippen LogP contribution in [-0.2, 0) is 0 Å². The minimum Gasteiger partial charge on any atom is -0.369 e. The summed E-state index contributed by atoms with van der Waals surface area (Å²) in [6.45, 7) is 2.74. The second-order valence-corrected chi connectivity index (χ2v) is 1.99. The molecule has 0 aliphatic carbocycles. The van der Waals surface area contributed by atoms with Crippen LogP contribution in [0.4, 0.5) is 0 Å². The van der Waals surface area contributed by atoms with Crippen LogP contribution in [0.1, 0.15) is 13.3 Å². The molecule has 0 aromatic heterocycles. The van der Waals surface area contributed by atoms with Gasteiger partial charge in [-0.3, -0.25) is 9.71 Å². The van der Waals surface area contributed by atoms with E-state index in [2.05, 4.69) is 12.8 Å². The molecule has 0 aliphatic rings. The van der Waals surface area contributed by atoms with Gasteiger partial charge in [0.15, 0.2) is 5.96 Å². The predicted molar refractivity (Wildman–Crippen MR) is 37.9 cm³/mol. The van der Waals surface area contributed by atoms with Crippen molar-refractivity contribution < 1.29 is 0 Å². The molecule has 0 aromatic carbocycles. The van der Waals surface area contributed by atoms with Gasteiger partial charge in [-0.15, -0.1) is 0 Å². The van der Waals surface area contributed by atoms with Crippen molar-refractivity contribution in [1.82, 2.24) is 4.31 Å². The van der Waals surface area contributed by atoms with E-state index in [0.717, 1.165) is 13.0 Å². The van der Waals surface area contributed by atoms with Gasteiger partial charge in [0.1, 0.15) is 0 Å². The number of guanidine groups is 1. The average Bonchev–Trinajstić information content (AvgIpc) is 1.67. The molecular formula is C4H11N3S. The Bertz CT molecular complexity index is 83.4. The first kappa shape index (κ1) is 7.62. The predicted octanol–water partition coefficient (Wildman–Crippen LogP) is 0.437. The standard InChI is InChI=1S/C4H11N3S/c1-2-3-7(8)4(5)6/h8H,2-3H2,1H3,(H3,5,6). The van der Waals surface area contributed by atoms with Crippen molar-refractivity contribution in [3.05, 3.63) is 0 Å². The zero-order chi connectivity index (χ0) is 6.57. The first-order valence-electron chi connectivity index (χ1n) is 2.49. The molecule has 0 atom stereocenters. The monoisotopic (exact) mass is 133 g/mol. The third-order valence-corrected chi connectivity index (χ3v) is 1.13. The number of hydrogen-bond donors (Lipinski definition) is 3. The normalized spacial score (nSPS) is 8.75. The van der Waals surface area contributed by atoms with Gasteiger partial charge in [-0.2, -0.15) is 0 Å². The maximum Gasteiger partial charge on any atom is 0.198 e. The number of nitrogens with zero attached hydrogens (tertiary/aromatic N) is 1. The number of thiol groups is 1. The highest BCUT2D eigenvalue weighted by molar-refractivity contribution is 7.78. The van der Waals surface area contributed by atoms with Crippen molar-refractivity contribution in [3.8, 4) is 0 Å². The summed E-state index contributed by atoms with van der Waals surface area (Å²) in [4.78, 5) is 0. The smallest absolute Gasteiger partial charge is 0.198 e. The molecule has 0 aliphatic heterocycles. The molecule has 0 spiro atoms. The summed E-state index contributed by atoms with van der Waals surface area (Å²) in [5.74, 6) is 0.00943. The van der Waals surface area contributed by atoms with Crippen LogP contribution in [0.25, 0.3) is 0 Å². The zero-order valence-corrected chi connectivity index (χ0v) is 5.78. The highest BCUT2D eigenvalue weighted by Gasteiger charge is 1.94. The van der Waals surface area contributed by atoms with Gasteiger partial charge in [-0.25, -0.2) is 0 Å². The van der Waals surface area contributed by atoms with Crippen LogP contribution in [-0.4, -0.2) is 16.8 Å². The summed E-state index contributed by atoms with van der Waals surface area (Å²) in [5, 5.41) is 6.83. The second-order valence-electron chi connectivity index (χ2n) is 1.51. The molecule has 8 heavy (non-hydrogen) atoms. The highest BCUT2D eigenvalue weighted by atomic mass is 32.1. The molecule has 3 nitrogen and oxygen atoms in total. The van der Waals surface area contributed by atoms with Crippen LogP contribution in [0.3, 0.4) is 0 Å². The molecule has 0 saturated carbocycles. The Kier molecular flexibility index (Phi) is 3.43. The highest BCUT2D eigenvalue weighted by Crippen LogP contribution is 1.91. The van der Waals surface area contributed by atoms with Crippen molar-refractivity contribution >= 4 is 18.8 Å². The largest absolute Gasteiger partial charge is 0.369 e. The van der Waals surface area contributed by atoms with Crippen molar-refractivity contribution in [2.24, 2.45) is 5.73 Å². The lowest BCUT2D eigenvalue weighted by molar-refractivity contribution is 0.649. The molecule has 0 unspecified atom stereocenters. The SMILES string of the molecule is CCCN(S)C(=N)N. The lowest BCUT2D eigenvalue weighted by atomic mass is 10.5. The molecule has 0 bridgehead atoms. The van der Waals surface area contributed by atoms with Gasteiger partial charge in [-0.05, 0) is 6.42 Å². The molecule has 0 rings (SSSR count). The number of rotatable bonds is 2.